The standard InChI is InChI=1S/C15H21NO2/c1-11(2)15(7-8-15)10-16-9-12-3-5-13(6-4-12)14(17)18/h3-6,11,16H,7-10H2,1-2H3,(H,17,18). The first kappa shape index (κ1) is 13.1. The SMILES string of the molecule is CC(C)C1(CNCc2ccc(C(=O)O)cc2)CC1. The van der Waals surface area contributed by atoms with Gasteiger partial charge in [0.1, 0.15) is 0 Å². The normalized spacial score (nSPS) is 16.8. The maximum absolute atomic E-state index is 10.7. The smallest absolute Gasteiger partial charge is 0.335 e. The largest absolute Gasteiger partial charge is 0.478 e. The first-order valence-electron chi connectivity index (χ1n) is 6.56. The second-order valence-electron chi connectivity index (χ2n) is 5.62. The lowest BCUT2D eigenvalue weighted by molar-refractivity contribution is 0.0697. The summed E-state index contributed by atoms with van der Waals surface area (Å²) in [6, 6.07) is 7.08. The molecular weight excluding hydrogens is 226 g/mol. The van der Waals surface area contributed by atoms with Crippen LogP contribution in [0.1, 0.15) is 42.6 Å². The predicted molar refractivity (Wildman–Crippen MR) is 71.6 cm³/mol. The van der Waals surface area contributed by atoms with E-state index in [0.717, 1.165) is 24.6 Å². The van der Waals surface area contributed by atoms with Crippen molar-refractivity contribution in [3.8, 4) is 0 Å². The number of carboxylic acids is 1. The molecule has 0 bridgehead atoms. The number of carbonyl (C=O) groups is 1. The number of aromatic carboxylic acids is 1. The van der Waals surface area contributed by atoms with Crippen molar-refractivity contribution in [3.63, 3.8) is 0 Å². The molecule has 0 aromatic heterocycles. The minimum atomic E-state index is -0.869. The van der Waals surface area contributed by atoms with Crippen molar-refractivity contribution in [2.45, 2.75) is 33.2 Å². The van der Waals surface area contributed by atoms with Crippen LogP contribution in [0.5, 0.6) is 0 Å². The topological polar surface area (TPSA) is 49.3 Å². The zero-order chi connectivity index (χ0) is 13.2. The molecule has 3 heteroatoms. The van der Waals surface area contributed by atoms with Crippen LogP contribution in [0, 0.1) is 11.3 Å². The third kappa shape index (κ3) is 2.91. The van der Waals surface area contributed by atoms with Gasteiger partial charge in [0.25, 0.3) is 0 Å². The van der Waals surface area contributed by atoms with Crippen molar-refractivity contribution in [3.05, 3.63) is 35.4 Å². The predicted octanol–water partition coefficient (Wildman–Crippen LogP) is 2.91. The summed E-state index contributed by atoms with van der Waals surface area (Å²) in [6.07, 6.45) is 2.66. The van der Waals surface area contributed by atoms with E-state index < -0.39 is 5.97 Å². The Balaban J connectivity index is 1.82. The highest BCUT2D eigenvalue weighted by Crippen LogP contribution is 2.51. The Morgan fingerprint density at radius 1 is 1.33 bits per heavy atom. The molecule has 2 N–H and O–H groups in total. The highest BCUT2D eigenvalue weighted by atomic mass is 16.4. The van der Waals surface area contributed by atoms with Crippen molar-refractivity contribution in [1.82, 2.24) is 5.32 Å². The van der Waals surface area contributed by atoms with Crippen LogP contribution in [0.4, 0.5) is 0 Å². The maximum Gasteiger partial charge on any atom is 0.335 e. The summed E-state index contributed by atoms with van der Waals surface area (Å²) in [5.41, 5.74) is 2.00. The van der Waals surface area contributed by atoms with Crippen LogP contribution >= 0.6 is 0 Å². The third-order valence-corrected chi connectivity index (χ3v) is 4.12. The number of nitrogens with one attached hydrogen (secondary N) is 1. The molecule has 0 aliphatic heterocycles. The second kappa shape index (κ2) is 5.11. The molecule has 0 heterocycles. The van der Waals surface area contributed by atoms with Crippen molar-refractivity contribution >= 4 is 5.97 Å². The van der Waals surface area contributed by atoms with Gasteiger partial charge >= 0.3 is 5.97 Å². The Labute approximate surface area is 108 Å². The third-order valence-electron chi connectivity index (χ3n) is 4.12. The first-order valence-corrected chi connectivity index (χ1v) is 6.56. The van der Waals surface area contributed by atoms with Gasteiger partial charge in [-0.15, -0.1) is 0 Å². The molecule has 3 nitrogen and oxygen atoms in total. The van der Waals surface area contributed by atoms with E-state index in [1.807, 2.05) is 12.1 Å². The van der Waals surface area contributed by atoms with Gasteiger partial charge in [-0.3, -0.25) is 0 Å². The monoisotopic (exact) mass is 247 g/mol. The molecule has 0 unspecified atom stereocenters. The van der Waals surface area contributed by atoms with Crippen molar-refractivity contribution < 1.29 is 9.90 Å². The van der Waals surface area contributed by atoms with Crippen molar-refractivity contribution in [1.29, 1.82) is 0 Å². The molecule has 1 aromatic carbocycles. The quantitative estimate of drug-likeness (QED) is 0.812. The summed E-state index contributed by atoms with van der Waals surface area (Å²) < 4.78 is 0. The molecule has 0 amide bonds. The highest BCUT2D eigenvalue weighted by Gasteiger charge is 2.44. The summed E-state index contributed by atoms with van der Waals surface area (Å²) in [4.78, 5) is 10.7. The molecule has 1 aromatic rings. The minimum Gasteiger partial charge on any atom is -0.478 e. The fourth-order valence-corrected chi connectivity index (χ4v) is 2.34. The van der Waals surface area contributed by atoms with Gasteiger partial charge in [-0.25, -0.2) is 4.79 Å². The fourth-order valence-electron chi connectivity index (χ4n) is 2.34. The summed E-state index contributed by atoms with van der Waals surface area (Å²) in [5, 5.41) is 12.3. The van der Waals surface area contributed by atoms with Crippen molar-refractivity contribution in [2.24, 2.45) is 11.3 Å². The van der Waals surface area contributed by atoms with Gasteiger partial charge in [0, 0.05) is 13.1 Å². The van der Waals surface area contributed by atoms with E-state index in [1.165, 1.54) is 12.8 Å². The van der Waals surface area contributed by atoms with Gasteiger partial charge in [0.2, 0.25) is 0 Å². The zero-order valence-corrected chi connectivity index (χ0v) is 11.1. The van der Waals surface area contributed by atoms with E-state index in [9.17, 15) is 4.79 Å². The van der Waals surface area contributed by atoms with Crippen LogP contribution in [0.3, 0.4) is 0 Å². The number of hydrogen-bond acceptors (Lipinski definition) is 2. The molecule has 1 aliphatic carbocycles. The number of rotatable bonds is 6. The fraction of sp³-hybridized carbons (Fsp3) is 0.533. The molecule has 98 valence electrons. The Hall–Kier alpha value is -1.35. The van der Waals surface area contributed by atoms with E-state index in [2.05, 4.69) is 19.2 Å². The molecule has 1 saturated carbocycles. The van der Waals surface area contributed by atoms with Crippen molar-refractivity contribution in [2.75, 3.05) is 6.54 Å². The van der Waals surface area contributed by atoms with E-state index >= 15 is 0 Å². The number of benzene rings is 1. The highest BCUT2D eigenvalue weighted by molar-refractivity contribution is 5.87. The van der Waals surface area contributed by atoms with Gasteiger partial charge in [0.05, 0.1) is 5.56 Å². The molecule has 1 aliphatic rings. The zero-order valence-electron chi connectivity index (χ0n) is 11.1. The minimum absolute atomic E-state index is 0.347. The Kier molecular flexibility index (Phi) is 3.71. The van der Waals surface area contributed by atoms with E-state index in [4.69, 9.17) is 5.11 Å². The Morgan fingerprint density at radius 3 is 2.39 bits per heavy atom. The molecule has 18 heavy (non-hydrogen) atoms. The molecule has 0 spiro atoms. The molecular formula is C15H21NO2. The molecule has 2 rings (SSSR count). The second-order valence-corrected chi connectivity index (χ2v) is 5.62. The average molecular weight is 247 g/mol. The van der Waals surface area contributed by atoms with Gasteiger partial charge in [-0.2, -0.15) is 0 Å². The van der Waals surface area contributed by atoms with Gasteiger partial charge in [-0.05, 0) is 41.9 Å². The number of carboxylic acid groups (broad SMARTS) is 1. The lowest BCUT2D eigenvalue weighted by Gasteiger charge is -2.20. The summed E-state index contributed by atoms with van der Waals surface area (Å²) in [6.45, 7) is 6.45. The molecule has 0 atom stereocenters. The summed E-state index contributed by atoms with van der Waals surface area (Å²) >= 11 is 0. The van der Waals surface area contributed by atoms with E-state index in [1.54, 1.807) is 12.1 Å². The van der Waals surface area contributed by atoms with Gasteiger partial charge < -0.3 is 10.4 Å². The van der Waals surface area contributed by atoms with Crippen LogP contribution in [-0.2, 0) is 6.54 Å². The van der Waals surface area contributed by atoms with Gasteiger partial charge in [-0.1, -0.05) is 26.0 Å². The van der Waals surface area contributed by atoms with Crippen LogP contribution in [-0.4, -0.2) is 17.6 Å². The number of hydrogen-bond donors (Lipinski definition) is 2. The first-order chi connectivity index (χ1) is 8.53. The molecule has 0 saturated heterocycles. The van der Waals surface area contributed by atoms with Crippen LogP contribution in [0.25, 0.3) is 0 Å². The molecule has 1 fully saturated rings. The average Bonchev–Trinajstić information content (AvgIpc) is 3.11. The van der Waals surface area contributed by atoms with E-state index in [0.29, 0.717) is 11.0 Å². The summed E-state index contributed by atoms with van der Waals surface area (Å²) in [5.74, 6) is -0.134. The lowest BCUT2D eigenvalue weighted by atomic mass is 9.92. The van der Waals surface area contributed by atoms with Gasteiger partial charge in [0.15, 0.2) is 0 Å². The Bertz CT molecular complexity index is 419. The summed E-state index contributed by atoms with van der Waals surface area (Å²) in [7, 11) is 0. The molecule has 0 radical (unpaired) electrons. The van der Waals surface area contributed by atoms with Crippen LogP contribution in [0.15, 0.2) is 24.3 Å². The van der Waals surface area contributed by atoms with E-state index in [-0.39, 0.29) is 0 Å². The Morgan fingerprint density at radius 2 is 1.94 bits per heavy atom. The maximum atomic E-state index is 10.7. The van der Waals surface area contributed by atoms with Crippen LogP contribution < -0.4 is 5.32 Å². The van der Waals surface area contributed by atoms with Crippen LogP contribution in [0.2, 0.25) is 0 Å². The lowest BCUT2D eigenvalue weighted by Crippen LogP contribution is -2.27.